The van der Waals surface area contributed by atoms with E-state index in [1.54, 1.807) is 24.3 Å². The molecule has 0 atom stereocenters. The van der Waals surface area contributed by atoms with Crippen LogP contribution in [0.4, 0.5) is 5.69 Å². The Labute approximate surface area is 147 Å². The first-order valence-electron chi connectivity index (χ1n) is 7.27. The van der Waals surface area contributed by atoms with Crippen molar-refractivity contribution < 1.29 is 19.1 Å². The summed E-state index contributed by atoms with van der Waals surface area (Å²) in [6.45, 7) is 1.92. The van der Waals surface area contributed by atoms with Crippen LogP contribution in [0.1, 0.15) is 15.9 Å². The molecular weight excluding hydrogens is 376 g/mol. The molecule has 2 amide bonds. The van der Waals surface area contributed by atoms with Gasteiger partial charge >= 0.3 is 0 Å². The number of fused-ring (bicyclic) bond motifs is 1. The maximum atomic E-state index is 12.1. The predicted octanol–water partition coefficient (Wildman–Crippen LogP) is 2.85. The highest BCUT2D eigenvalue weighted by Crippen LogP contribution is 2.32. The molecule has 1 aliphatic heterocycles. The molecule has 2 N–H and O–H groups in total. The standard InChI is InChI=1S/C17H15BrN2O4/c1-10-6-12(18)3-4-13(10)20-16(21)8-19-17(22)11-2-5-14-15(7-11)24-9-23-14/h2-7H,8-9H2,1H3,(H,19,22)(H,20,21). The lowest BCUT2D eigenvalue weighted by molar-refractivity contribution is -0.115. The molecule has 2 aromatic rings. The lowest BCUT2D eigenvalue weighted by atomic mass is 10.2. The van der Waals surface area contributed by atoms with Crippen LogP contribution < -0.4 is 20.1 Å². The number of ether oxygens (including phenoxy) is 2. The molecular formula is C17H15BrN2O4. The summed E-state index contributed by atoms with van der Waals surface area (Å²) in [7, 11) is 0. The Balaban J connectivity index is 1.57. The Bertz CT molecular complexity index is 807. The van der Waals surface area contributed by atoms with E-state index in [-0.39, 0.29) is 25.2 Å². The van der Waals surface area contributed by atoms with Crippen LogP contribution in [0.5, 0.6) is 11.5 Å². The van der Waals surface area contributed by atoms with Crippen molar-refractivity contribution in [3.05, 3.63) is 52.0 Å². The highest BCUT2D eigenvalue weighted by Gasteiger charge is 2.16. The van der Waals surface area contributed by atoms with Gasteiger partial charge in [0.25, 0.3) is 5.91 Å². The molecule has 0 aliphatic carbocycles. The van der Waals surface area contributed by atoms with Crippen LogP contribution in [0.2, 0.25) is 0 Å². The van der Waals surface area contributed by atoms with Gasteiger partial charge in [0.15, 0.2) is 11.5 Å². The second-order valence-electron chi connectivity index (χ2n) is 5.26. The molecule has 124 valence electrons. The maximum absolute atomic E-state index is 12.1. The van der Waals surface area contributed by atoms with E-state index in [0.29, 0.717) is 22.7 Å². The van der Waals surface area contributed by atoms with Gasteiger partial charge in [-0.25, -0.2) is 0 Å². The van der Waals surface area contributed by atoms with Crippen molar-refractivity contribution in [3.8, 4) is 11.5 Å². The number of carbonyl (C=O) groups is 2. The number of carbonyl (C=O) groups excluding carboxylic acids is 2. The molecule has 0 unspecified atom stereocenters. The molecule has 0 fully saturated rings. The molecule has 3 rings (SSSR count). The molecule has 24 heavy (non-hydrogen) atoms. The average molecular weight is 391 g/mol. The molecule has 0 aromatic heterocycles. The van der Waals surface area contributed by atoms with Crippen LogP contribution >= 0.6 is 15.9 Å². The summed E-state index contributed by atoms with van der Waals surface area (Å²) < 4.78 is 11.4. The normalized spacial score (nSPS) is 11.9. The van der Waals surface area contributed by atoms with Crippen molar-refractivity contribution in [2.24, 2.45) is 0 Å². The molecule has 0 radical (unpaired) electrons. The number of aryl methyl sites for hydroxylation is 1. The number of hydrogen-bond donors (Lipinski definition) is 2. The van der Waals surface area contributed by atoms with Crippen LogP contribution in [-0.2, 0) is 4.79 Å². The Morgan fingerprint density at radius 3 is 2.71 bits per heavy atom. The van der Waals surface area contributed by atoms with Gasteiger partial charge in [0, 0.05) is 15.7 Å². The summed E-state index contributed by atoms with van der Waals surface area (Å²) in [5.41, 5.74) is 2.05. The predicted molar refractivity (Wildman–Crippen MR) is 92.4 cm³/mol. The van der Waals surface area contributed by atoms with Crippen LogP contribution in [0, 0.1) is 6.92 Å². The van der Waals surface area contributed by atoms with Crippen molar-refractivity contribution in [1.82, 2.24) is 5.32 Å². The van der Waals surface area contributed by atoms with E-state index in [2.05, 4.69) is 26.6 Å². The first kappa shape index (κ1) is 16.3. The number of amides is 2. The number of halogens is 1. The molecule has 0 spiro atoms. The largest absolute Gasteiger partial charge is 0.454 e. The van der Waals surface area contributed by atoms with Crippen LogP contribution in [0.15, 0.2) is 40.9 Å². The van der Waals surface area contributed by atoms with E-state index in [1.807, 2.05) is 19.1 Å². The second kappa shape index (κ2) is 6.92. The molecule has 7 heteroatoms. The van der Waals surface area contributed by atoms with E-state index >= 15 is 0 Å². The van der Waals surface area contributed by atoms with E-state index in [9.17, 15) is 9.59 Å². The van der Waals surface area contributed by atoms with Crippen molar-refractivity contribution in [2.75, 3.05) is 18.7 Å². The van der Waals surface area contributed by atoms with Crippen LogP contribution in [-0.4, -0.2) is 25.2 Å². The van der Waals surface area contributed by atoms with Gasteiger partial charge in [0.2, 0.25) is 12.7 Å². The first-order valence-corrected chi connectivity index (χ1v) is 8.06. The second-order valence-corrected chi connectivity index (χ2v) is 6.17. The molecule has 0 saturated carbocycles. The Hall–Kier alpha value is -2.54. The molecule has 0 saturated heterocycles. The third kappa shape index (κ3) is 3.68. The summed E-state index contributed by atoms with van der Waals surface area (Å²) in [5, 5.41) is 5.35. The van der Waals surface area contributed by atoms with Gasteiger partial charge in [-0.05, 0) is 48.9 Å². The lowest BCUT2D eigenvalue weighted by Gasteiger charge is -2.10. The number of hydrogen-bond acceptors (Lipinski definition) is 4. The zero-order chi connectivity index (χ0) is 17.1. The van der Waals surface area contributed by atoms with Crippen molar-refractivity contribution >= 4 is 33.4 Å². The zero-order valence-corrected chi connectivity index (χ0v) is 14.5. The quantitative estimate of drug-likeness (QED) is 0.841. The summed E-state index contributed by atoms with van der Waals surface area (Å²) in [5.74, 6) is 0.484. The van der Waals surface area contributed by atoms with E-state index in [4.69, 9.17) is 9.47 Å². The summed E-state index contributed by atoms with van der Waals surface area (Å²) in [6, 6.07) is 10.4. The number of anilines is 1. The van der Waals surface area contributed by atoms with Gasteiger partial charge in [-0.3, -0.25) is 9.59 Å². The van der Waals surface area contributed by atoms with E-state index in [0.717, 1.165) is 10.0 Å². The summed E-state index contributed by atoms with van der Waals surface area (Å²) >= 11 is 3.37. The first-order chi connectivity index (χ1) is 11.5. The number of rotatable bonds is 4. The third-order valence-corrected chi connectivity index (χ3v) is 4.00. The summed E-state index contributed by atoms with van der Waals surface area (Å²) in [6.07, 6.45) is 0. The fourth-order valence-corrected chi connectivity index (χ4v) is 2.74. The van der Waals surface area contributed by atoms with E-state index < -0.39 is 0 Å². The summed E-state index contributed by atoms with van der Waals surface area (Å²) in [4.78, 5) is 24.1. The SMILES string of the molecule is Cc1cc(Br)ccc1NC(=O)CNC(=O)c1ccc2c(c1)OCO2. The fourth-order valence-electron chi connectivity index (χ4n) is 2.26. The minimum Gasteiger partial charge on any atom is -0.454 e. The Morgan fingerprint density at radius 1 is 1.12 bits per heavy atom. The van der Waals surface area contributed by atoms with Crippen molar-refractivity contribution in [3.63, 3.8) is 0 Å². The highest BCUT2D eigenvalue weighted by atomic mass is 79.9. The molecule has 1 heterocycles. The Morgan fingerprint density at radius 2 is 1.92 bits per heavy atom. The molecule has 2 aromatic carbocycles. The van der Waals surface area contributed by atoms with Crippen LogP contribution in [0.25, 0.3) is 0 Å². The average Bonchev–Trinajstić information content (AvgIpc) is 3.03. The number of nitrogens with one attached hydrogen (secondary N) is 2. The van der Waals surface area contributed by atoms with Gasteiger partial charge in [-0.15, -0.1) is 0 Å². The number of benzene rings is 2. The lowest BCUT2D eigenvalue weighted by Crippen LogP contribution is -2.32. The zero-order valence-electron chi connectivity index (χ0n) is 12.9. The minimum atomic E-state index is -0.351. The van der Waals surface area contributed by atoms with E-state index in [1.165, 1.54) is 0 Å². The van der Waals surface area contributed by atoms with Gasteiger partial charge in [0.1, 0.15) is 0 Å². The van der Waals surface area contributed by atoms with Crippen LogP contribution in [0.3, 0.4) is 0 Å². The smallest absolute Gasteiger partial charge is 0.251 e. The van der Waals surface area contributed by atoms with Gasteiger partial charge < -0.3 is 20.1 Å². The van der Waals surface area contributed by atoms with Crippen molar-refractivity contribution in [2.45, 2.75) is 6.92 Å². The van der Waals surface area contributed by atoms with Crippen molar-refractivity contribution in [1.29, 1.82) is 0 Å². The Kier molecular flexibility index (Phi) is 4.71. The molecule has 6 nitrogen and oxygen atoms in total. The maximum Gasteiger partial charge on any atom is 0.251 e. The minimum absolute atomic E-state index is 0.122. The highest BCUT2D eigenvalue weighted by molar-refractivity contribution is 9.10. The van der Waals surface area contributed by atoms with Gasteiger partial charge in [-0.1, -0.05) is 15.9 Å². The third-order valence-electron chi connectivity index (χ3n) is 3.51. The molecule has 0 bridgehead atoms. The molecule has 1 aliphatic rings. The fraction of sp³-hybridized carbons (Fsp3) is 0.176. The van der Waals surface area contributed by atoms with Gasteiger partial charge in [-0.2, -0.15) is 0 Å². The monoisotopic (exact) mass is 390 g/mol. The topological polar surface area (TPSA) is 76.7 Å². The van der Waals surface area contributed by atoms with Gasteiger partial charge in [0.05, 0.1) is 6.54 Å².